The van der Waals surface area contributed by atoms with Gasteiger partial charge in [0.25, 0.3) is 0 Å². The van der Waals surface area contributed by atoms with Gasteiger partial charge in [0.1, 0.15) is 0 Å². The van der Waals surface area contributed by atoms with Crippen LogP contribution in [-0.4, -0.2) is 24.0 Å². The van der Waals surface area contributed by atoms with Gasteiger partial charge in [-0.15, -0.1) is 0 Å². The number of hydrogen-bond acceptors (Lipinski definition) is 3. The molecule has 1 heterocycles. The minimum absolute atomic E-state index is 0.112. The molecular formula is C11H17N3O. The highest BCUT2D eigenvalue weighted by Crippen LogP contribution is 1.96. The molecule has 1 amide bonds. The summed E-state index contributed by atoms with van der Waals surface area (Å²) in [6, 6.07) is 3.95. The Morgan fingerprint density at radius 2 is 2.47 bits per heavy atom. The van der Waals surface area contributed by atoms with Crippen molar-refractivity contribution in [1.29, 1.82) is 0 Å². The highest BCUT2D eigenvalue weighted by Gasteiger charge is 2.06. The van der Waals surface area contributed by atoms with Gasteiger partial charge in [0.05, 0.1) is 0 Å². The first-order valence-electron chi connectivity index (χ1n) is 5.09. The molecular weight excluding hydrogens is 190 g/mol. The van der Waals surface area contributed by atoms with Crippen molar-refractivity contribution in [3.05, 3.63) is 30.1 Å². The Morgan fingerprint density at radius 3 is 3.07 bits per heavy atom. The zero-order valence-corrected chi connectivity index (χ0v) is 8.94. The van der Waals surface area contributed by atoms with E-state index in [-0.39, 0.29) is 11.8 Å². The highest BCUT2D eigenvalue weighted by molar-refractivity contribution is 5.76. The molecule has 3 N–H and O–H groups in total. The zero-order valence-electron chi connectivity index (χ0n) is 8.94. The normalized spacial score (nSPS) is 12.3. The number of carbonyl (C=O) groups is 1. The van der Waals surface area contributed by atoms with Gasteiger partial charge in [0.2, 0.25) is 5.91 Å². The summed E-state index contributed by atoms with van der Waals surface area (Å²) in [5.74, 6) is -0.372. The molecule has 4 heteroatoms. The molecule has 1 unspecified atom stereocenters. The van der Waals surface area contributed by atoms with Gasteiger partial charge in [-0.3, -0.25) is 9.78 Å². The van der Waals surface area contributed by atoms with E-state index in [4.69, 9.17) is 5.73 Å². The number of primary amides is 1. The summed E-state index contributed by atoms with van der Waals surface area (Å²) in [6.07, 6.45) is 4.52. The Kier molecular flexibility index (Phi) is 4.77. The molecule has 0 fully saturated rings. The lowest BCUT2D eigenvalue weighted by molar-refractivity contribution is -0.121. The van der Waals surface area contributed by atoms with Crippen LogP contribution < -0.4 is 11.1 Å². The van der Waals surface area contributed by atoms with E-state index in [0.29, 0.717) is 6.54 Å². The number of nitrogens with one attached hydrogen (secondary N) is 1. The van der Waals surface area contributed by atoms with Crippen molar-refractivity contribution in [3.63, 3.8) is 0 Å². The van der Waals surface area contributed by atoms with Crippen LogP contribution in [0.2, 0.25) is 0 Å². The molecule has 1 atom stereocenters. The van der Waals surface area contributed by atoms with Crippen LogP contribution in [0.5, 0.6) is 0 Å². The van der Waals surface area contributed by atoms with Gasteiger partial charge in [-0.2, -0.15) is 0 Å². The van der Waals surface area contributed by atoms with E-state index < -0.39 is 0 Å². The van der Waals surface area contributed by atoms with Crippen LogP contribution >= 0.6 is 0 Å². The predicted molar refractivity (Wildman–Crippen MR) is 59.2 cm³/mol. The maximum atomic E-state index is 10.7. The third kappa shape index (κ3) is 4.56. The van der Waals surface area contributed by atoms with E-state index in [1.807, 2.05) is 25.3 Å². The van der Waals surface area contributed by atoms with Crippen molar-refractivity contribution in [2.45, 2.75) is 13.3 Å². The smallest absolute Gasteiger partial charge is 0.221 e. The van der Waals surface area contributed by atoms with Crippen molar-refractivity contribution in [2.75, 3.05) is 13.1 Å². The lowest BCUT2D eigenvalue weighted by Gasteiger charge is -2.08. The molecule has 0 bridgehead atoms. The predicted octanol–water partition coefficient (Wildman–Crippen LogP) is 0.335. The fraction of sp³-hybridized carbons (Fsp3) is 0.455. The highest BCUT2D eigenvalue weighted by atomic mass is 16.1. The van der Waals surface area contributed by atoms with Gasteiger partial charge in [0.15, 0.2) is 0 Å². The van der Waals surface area contributed by atoms with Crippen molar-refractivity contribution in [1.82, 2.24) is 10.3 Å². The zero-order chi connectivity index (χ0) is 11.1. The first-order chi connectivity index (χ1) is 7.20. The van der Waals surface area contributed by atoms with Crippen molar-refractivity contribution >= 4 is 5.91 Å². The van der Waals surface area contributed by atoms with Crippen molar-refractivity contribution < 1.29 is 4.79 Å². The summed E-state index contributed by atoms with van der Waals surface area (Å²) in [5.41, 5.74) is 6.33. The second-order valence-corrected chi connectivity index (χ2v) is 3.62. The largest absolute Gasteiger partial charge is 0.369 e. The van der Waals surface area contributed by atoms with Crippen LogP contribution in [0.3, 0.4) is 0 Å². The third-order valence-corrected chi connectivity index (χ3v) is 2.25. The Morgan fingerprint density at radius 1 is 1.67 bits per heavy atom. The van der Waals surface area contributed by atoms with E-state index in [1.165, 1.54) is 5.56 Å². The van der Waals surface area contributed by atoms with Gasteiger partial charge in [0, 0.05) is 24.9 Å². The lowest BCUT2D eigenvalue weighted by atomic mass is 10.1. The molecule has 0 saturated carbocycles. The molecule has 15 heavy (non-hydrogen) atoms. The summed E-state index contributed by atoms with van der Waals surface area (Å²) < 4.78 is 0. The standard InChI is InChI=1S/C11H17N3O/c1-9(11(12)15)7-14-6-4-10-3-2-5-13-8-10/h2-3,5,8-9,14H,4,6-7H2,1H3,(H2,12,15). The SMILES string of the molecule is CC(CNCCc1cccnc1)C(N)=O. The van der Waals surface area contributed by atoms with Crippen LogP contribution in [0, 0.1) is 5.92 Å². The first kappa shape index (κ1) is 11.7. The Balaban J connectivity index is 2.15. The maximum Gasteiger partial charge on any atom is 0.221 e. The second kappa shape index (κ2) is 6.14. The first-order valence-corrected chi connectivity index (χ1v) is 5.09. The van der Waals surface area contributed by atoms with E-state index >= 15 is 0 Å². The number of carbonyl (C=O) groups excluding carboxylic acids is 1. The number of nitrogens with two attached hydrogens (primary N) is 1. The molecule has 0 spiro atoms. The molecule has 0 aliphatic carbocycles. The van der Waals surface area contributed by atoms with Crippen LogP contribution in [-0.2, 0) is 11.2 Å². The summed E-state index contributed by atoms with van der Waals surface area (Å²) in [7, 11) is 0. The monoisotopic (exact) mass is 207 g/mol. The van der Waals surface area contributed by atoms with Gasteiger partial charge >= 0.3 is 0 Å². The lowest BCUT2D eigenvalue weighted by Crippen LogP contribution is -2.31. The molecule has 82 valence electrons. The van der Waals surface area contributed by atoms with E-state index in [1.54, 1.807) is 6.20 Å². The van der Waals surface area contributed by atoms with Crippen LogP contribution in [0.4, 0.5) is 0 Å². The molecule has 4 nitrogen and oxygen atoms in total. The maximum absolute atomic E-state index is 10.7. The van der Waals surface area contributed by atoms with E-state index in [0.717, 1.165) is 13.0 Å². The fourth-order valence-corrected chi connectivity index (χ4v) is 1.20. The summed E-state index contributed by atoms with van der Waals surface area (Å²) in [6.45, 7) is 3.29. The molecule has 0 saturated heterocycles. The average Bonchev–Trinajstić information content (AvgIpc) is 2.25. The molecule has 0 aliphatic heterocycles. The van der Waals surface area contributed by atoms with Gasteiger partial charge < -0.3 is 11.1 Å². The number of hydrogen-bond donors (Lipinski definition) is 2. The molecule has 1 rings (SSSR count). The van der Waals surface area contributed by atoms with Gasteiger partial charge in [-0.05, 0) is 24.6 Å². The van der Waals surface area contributed by atoms with Gasteiger partial charge in [-0.25, -0.2) is 0 Å². The minimum atomic E-state index is -0.260. The minimum Gasteiger partial charge on any atom is -0.369 e. The summed E-state index contributed by atoms with van der Waals surface area (Å²) in [5, 5.41) is 3.19. The number of amides is 1. The fourth-order valence-electron chi connectivity index (χ4n) is 1.20. The molecule has 1 aromatic heterocycles. The van der Waals surface area contributed by atoms with Crippen molar-refractivity contribution in [2.24, 2.45) is 11.7 Å². The van der Waals surface area contributed by atoms with E-state index in [9.17, 15) is 4.79 Å². The molecule has 0 aromatic carbocycles. The quantitative estimate of drug-likeness (QED) is 0.661. The molecule has 1 aromatic rings. The topological polar surface area (TPSA) is 68.0 Å². The third-order valence-electron chi connectivity index (χ3n) is 2.25. The number of nitrogens with zero attached hydrogens (tertiary/aromatic N) is 1. The van der Waals surface area contributed by atoms with Crippen LogP contribution in [0.1, 0.15) is 12.5 Å². The summed E-state index contributed by atoms with van der Waals surface area (Å²) >= 11 is 0. The number of rotatable bonds is 6. The Bertz CT molecular complexity index is 300. The Labute approximate surface area is 89.9 Å². The number of pyridine rings is 1. The van der Waals surface area contributed by atoms with Gasteiger partial charge in [-0.1, -0.05) is 13.0 Å². The Hall–Kier alpha value is -1.42. The average molecular weight is 207 g/mol. The van der Waals surface area contributed by atoms with Crippen molar-refractivity contribution in [3.8, 4) is 0 Å². The van der Waals surface area contributed by atoms with Crippen LogP contribution in [0.25, 0.3) is 0 Å². The molecule has 0 aliphatic rings. The van der Waals surface area contributed by atoms with Crippen LogP contribution in [0.15, 0.2) is 24.5 Å². The summed E-state index contributed by atoms with van der Waals surface area (Å²) in [4.78, 5) is 14.8. The number of aromatic nitrogens is 1. The second-order valence-electron chi connectivity index (χ2n) is 3.62. The molecule has 0 radical (unpaired) electrons. The van der Waals surface area contributed by atoms with E-state index in [2.05, 4.69) is 10.3 Å².